The van der Waals surface area contributed by atoms with E-state index in [0.717, 1.165) is 5.69 Å². The van der Waals surface area contributed by atoms with Crippen molar-refractivity contribution in [1.82, 2.24) is 5.32 Å². The number of carbonyl (C=O) groups is 2. The quantitative estimate of drug-likeness (QED) is 0.901. The molecule has 1 N–H and O–H groups in total. The van der Waals surface area contributed by atoms with Crippen LogP contribution in [0.4, 0.5) is 10.1 Å². The smallest absolute Gasteiger partial charge is 0.264 e. The summed E-state index contributed by atoms with van der Waals surface area (Å²) in [5.41, 5.74) is 1.94. The van der Waals surface area contributed by atoms with Crippen LogP contribution >= 0.6 is 0 Å². The third-order valence-corrected chi connectivity index (χ3v) is 4.66. The minimum absolute atomic E-state index is 0.0319. The minimum atomic E-state index is -0.774. The van der Waals surface area contributed by atoms with Crippen molar-refractivity contribution in [1.29, 1.82) is 0 Å². The van der Waals surface area contributed by atoms with Gasteiger partial charge in [0.15, 0.2) is 0 Å². The van der Waals surface area contributed by atoms with Crippen LogP contribution in [-0.4, -0.2) is 36.2 Å². The second-order valence-electron chi connectivity index (χ2n) is 6.60. The molecule has 0 aliphatic carbocycles. The molecule has 6 nitrogen and oxygen atoms in total. The average molecular weight is 367 g/mol. The largest absolute Gasteiger partial charge is 0.382 e. The van der Waals surface area contributed by atoms with Crippen molar-refractivity contribution in [3.05, 3.63) is 66.0 Å². The van der Waals surface area contributed by atoms with Gasteiger partial charge in [-0.2, -0.15) is 0 Å². The topological polar surface area (TPSA) is 71.0 Å². The number of oxime groups is 1. The van der Waals surface area contributed by atoms with Crippen LogP contribution in [0.2, 0.25) is 0 Å². The molecule has 0 unspecified atom stereocenters. The lowest BCUT2D eigenvalue weighted by Gasteiger charge is -2.18. The van der Waals surface area contributed by atoms with Gasteiger partial charge < -0.3 is 15.1 Å². The zero-order valence-corrected chi connectivity index (χ0v) is 14.5. The van der Waals surface area contributed by atoms with E-state index in [4.69, 9.17) is 4.84 Å². The molecule has 2 aliphatic heterocycles. The Hall–Kier alpha value is -3.22. The number of amides is 2. The van der Waals surface area contributed by atoms with E-state index < -0.39 is 6.10 Å². The van der Waals surface area contributed by atoms with Crippen molar-refractivity contribution >= 4 is 23.2 Å². The summed E-state index contributed by atoms with van der Waals surface area (Å²) < 4.78 is 13.3. The molecular weight excluding hydrogens is 349 g/mol. The van der Waals surface area contributed by atoms with Crippen LogP contribution in [0.3, 0.4) is 0 Å². The van der Waals surface area contributed by atoms with E-state index in [0.29, 0.717) is 17.8 Å². The summed E-state index contributed by atoms with van der Waals surface area (Å²) in [5, 5.41) is 6.77. The lowest BCUT2D eigenvalue weighted by atomic mass is 10.0. The summed E-state index contributed by atoms with van der Waals surface area (Å²) in [5.74, 6) is -0.720. The normalized spacial score (nSPS) is 21.7. The summed E-state index contributed by atoms with van der Waals surface area (Å²) in [6.45, 7) is 0.416. The van der Waals surface area contributed by atoms with Gasteiger partial charge >= 0.3 is 0 Å². The molecule has 2 heterocycles. The molecule has 2 atom stereocenters. The van der Waals surface area contributed by atoms with Gasteiger partial charge in [0.25, 0.3) is 5.91 Å². The monoisotopic (exact) mass is 367 g/mol. The van der Waals surface area contributed by atoms with Gasteiger partial charge in [0, 0.05) is 30.6 Å². The van der Waals surface area contributed by atoms with Crippen LogP contribution in [0, 0.1) is 5.82 Å². The Labute approximate surface area is 155 Å². The molecule has 4 rings (SSSR count). The van der Waals surface area contributed by atoms with Gasteiger partial charge in [-0.3, -0.25) is 9.59 Å². The zero-order valence-electron chi connectivity index (χ0n) is 14.5. The number of hydrogen-bond donors (Lipinski definition) is 1. The maximum atomic E-state index is 13.3. The van der Waals surface area contributed by atoms with Crippen LogP contribution in [0.1, 0.15) is 18.4 Å². The molecule has 0 bridgehead atoms. The molecule has 0 aromatic heterocycles. The number of halogens is 1. The number of benzene rings is 2. The summed E-state index contributed by atoms with van der Waals surface area (Å²) in [6.07, 6.45) is -0.271. The molecule has 2 aliphatic rings. The van der Waals surface area contributed by atoms with Crippen LogP contribution in [0.5, 0.6) is 0 Å². The lowest BCUT2D eigenvalue weighted by Crippen LogP contribution is -2.42. The van der Waals surface area contributed by atoms with Crippen LogP contribution < -0.4 is 10.2 Å². The predicted octanol–water partition coefficient (Wildman–Crippen LogP) is 2.24. The van der Waals surface area contributed by atoms with E-state index in [1.54, 1.807) is 17.0 Å². The Balaban J connectivity index is 1.35. The molecule has 1 saturated heterocycles. The molecule has 138 valence electrons. The third-order valence-electron chi connectivity index (χ3n) is 4.66. The highest BCUT2D eigenvalue weighted by molar-refractivity contribution is 6.04. The highest BCUT2D eigenvalue weighted by Crippen LogP contribution is 2.22. The SMILES string of the molecule is O=C(N[C@H]1CC(=O)N(c2ccccc2)C1)[C@@H]1CC(c2cccc(F)c2)=NO1. The summed E-state index contributed by atoms with van der Waals surface area (Å²) in [6, 6.07) is 15.1. The number of carbonyl (C=O) groups excluding carboxylic acids is 2. The molecule has 0 radical (unpaired) electrons. The first kappa shape index (κ1) is 17.2. The maximum Gasteiger partial charge on any atom is 0.264 e. The van der Waals surface area contributed by atoms with Gasteiger partial charge in [-0.1, -0.05) is 35.5 Å². The molecule has 1 fully saturated rings. The van der Waals surface area contributed by atoms with Crippen LogP contribution in [0.15, 0.2) is 59.8 Å². The molecule has 2 aromatic rings. The van der Waals surface area contributed by atoms with Crippen molar-refractivity contribution in [3.8, 4) is 0 Å². The van der Waals surface area contributed by atoms with Crippen LogP contribution in [-0.2, 0) is 14.4 Å². The number of rotatable bonds is 4. The van der Waals surface area contributed by atoms with E-state index in [1.165, 1.54) is 12.1 Å². The van der Waals surface area contributed by atoms with Gasteiger partial charge in [-0.25, -0.2) is 4.39 Å². The second-order valence-corrected chi connectivity index (χ2v) is 6.60. The number of hydrogen-bond acceptors (Lipinski definition) is 4. The predicted molar refractivity (Wildman–Crippen MR) is 97.8 cm³/mol. The molecule has 27 heavy (non-hydrogen) atoms. The maximum absolute atomic E-state index is 13.3. The lowest BCUT2D eigenvalue weighted by molar-refractivity contribution is -0.131. The fourth-order valence-electron chi connectivity index (χ4n) is 3.31. The van der Waals surface area contributed by atoms with Crippen molar-refractivity contribution in [2.75, 3.05) is 11.4 Å². The highest BCUT2D eigenvalue weighted by atomic mass is 19.1. The first-order chi connectivity index (χ1) is 13.1. The Morgan fingerprint density at radius 1 is 1.15 bits per heavy atom. The van der Waals surface area contributed by atoms with Gasteiger partial charge in [0.2, 0.25) is 12.0 Å². The van der Waals surface area contributed by atoms with E-state index in [1.807, 2.05) is 30.3 Å². The number of para-hydroxylation sites is 1. The van der Waals surface area contributed by atoms with E-state index >= 15 is 0 Å². The van der Waals surface area contributed by atoms with Gasteiger partial charge in [-0.05, 0) is 24.3 Å². The van der Waals surface area contributed by atoms with E-state index in [-0.39, 0.29) is 36.5 Å². The number of anilines is 1. The molecule has 0 saturated carbocycles. The van der Waals surface area contributed by atoms with Gasteiger partial charge in [0.05, 0.1) is 11.8 Å². The summed E-state index contributed by atoms with van der Waals surface area (Å²) in [4.78, 5) is 31.6. The van der Waals surface area contributed by atoms with Gasteiger partial charge in [-0.15, -0.1) is 0 Å². The average Bonchev–Trinajstić information content (AvgIpc) is 3.29. The Bertz CT molecular complexity index is 900. The molecule has 2 aromatic carbocycles. The van der Waals surface area contributed by atoms with Crippen molar-refractivity contribution < 1.29 is 18.8 Å². The fourth-order valence-corrected chi connectivity index (χ4v) is 3.31. The molecule has 0 spiro atoms. The number of nitrogens with zero attached hydrogens (tertiary/aromatic N) is 2. The first-order valence-electron chi connectivity index (χ1n) is 8.74. The van der Waals surface area contributed by atoms with Gasteiger partial charge in [0.1, 0.15) is 5.82 Å². The Morgan fingerprint density at radius 3 is 2.74 bits per heavy atom. The van der Waals surface area contributed by atoms with Crippen molar-refractivity contribution in [2.24, 2.45) is 5.16 Å². The zero-order chi connectivity index (χ0) is 18.8. The second kappa shape index (κ2) is 7.19. The Kier molecular flexibility index (Phi) is 4.58. The van der Waals surface area contributed by atoms with E-state index in [9.17, 15) is 14.0 Å². The van der Waals surface area contributed by atoms with Crippen LogP contribution in [0.25, 0.3) is 0 Å². The third kappa shape index (κ3) is 3.67. The van der Waals surface area contributed by atoms with Crippen molar-refractivity contribution in [3.63, 3.8) is 0 Å². The number of nitrogens with one attached hydrogen (secondary N) is 1. The fraction of sp³-hybridized carbons (Fsp3) is 0.250. The standard InChI is InChI=1S/C20H18FN3O3/c21-14-6-4-5-13(9-14)17-11-18(27-23-17)20(26)22-15-10-19(25)24(12-15)16-7-2-1-3-8-16/h1-9,15,18H,10-12H2,(H,22,26)/t15-,18-/m0/s1. The molecular formula is C20H18FN3O3. The summed E-state index contributed by atoms with van der Waals surface area (Å²) >= 11 is 0. The first-order valence-corrected chi connectivity index (χ1v) is 8.74. The summed E-state index contributed by atoms with van der Waals surface area (Å²) in [7, 11) is 0. The van der Waals surface area contributed by atoms with Crippen molar-refractivity contribution in [2.45, 2.75) is 25.0 Å². The Morgan fingerprint density at radius 2 is 1.96 bits per heavy atom. The minimum Gasteiger partial charge on any atom is -0.382 e. The van der Waals surface area contributed by atoms with E-state index in [2.05, 4.69) is 10.5 Å². The molecule has 7 heteroatoms. The highest BCUT2D eigenvalue weighted by Gasteiger charge is 2.35. The molecule has 2 amide bonds.